The number of nitrogens with two attached hydrogens (primary N) is 1. The average molecular weight is 290 g/mol. The molecule has 0 aliphatic heterocycles. The van der Waals surface area contributed by atoms with Gasteiger partial charge in [0.2, 0.25) is 0 Å². The molecule has 120 valence electrons. The second kappa shape index (κ2) is 12.1. The second-order valence-electron chi connectivity index (χ2n) is 5.23. The molecule has 0 spiro atoms. The van der Waals surface area contributed by atoms with Crippen LogP contribution in [0.3, 0.4) is 0 Å². The van der Waals surface area contributed by atoms with Crippen LogP contribution in [0.4, 0.5) is 0 Å². The molecule has 20 heavy (non-hydrogen) atoms. The van der Waals surface area contributed by atoms with Crippen LogP contribution in [0.15, 0.2) is 0 Å². The molecule has 0 amide bonds. The molecule has 6 nitrogen and oxygen atoms in total. The van der Waals surface area contributed by atoms with Crippen molar-refractivity contribution < 1.29 is 18.9 Å². The summed E-state index contributed by atoms with van der Waals surface area (Å²) >= 11 is 0. The highest BCUT2D eigenvalue weighted by molar-refractivity contribution is 5.82. The van der Waals surface area contributed by atoms with Crippen LogP contribution in [0.2, 0.25) is 0 Å². The van der Waals surface area contributed by atoms with Gasteiger partial charge in [-0.25, -0.2) is 0 Å². The first-order valence-electron chi connectivity index (χ1n) is 7.07. The van der Waals surface area contributed by atoms with Gasteiger partial charge in [0.25, 0.3) is 0 Å². The fraction of sp³-hybridized carbons (Fsp3) is 0.929. The highest BCUT2D eigenvalue weighted by atomic mass is 16.6. The summed E-state index contributed by atoms with van der Waals surface area (Å²) in [4.78, 5) is 0. The van der Waals surface area contributed by atoms with Crippen molar-refractivity contribution in [3.8, 4) is 0 Å². The van der Waals surface area contributed by atoms with E-state index in [1.165, 1.54) is 0 Å². The summed E-state index contributed by atoms with van der Waals surface area (Å²) in [6.07, 6.45) is 1.75. The molecular formula is C14H30N2O4. The summed E-state index contributed by atoms with van der Waals surface area (Å²) < 4.78 is 20.9. The minimum atomic E-state index is -0.237. The van der Waals surface area contributed by atoms with Gasteiger partial charge in [0.1, 0.15) is 0 Å². The van der Waals surface area contributed by atoms with Gasteiger partial charge in [0.15, 0.2) is 0 Å². The van der Waals surface area contributed by atoms with Crippen molar-refractivity contribution in [2.75, 3.05) is 53.4 Å². The van der Waals surface area contributed by atoms with Crippen LogP contribution in [-0.4, -0.2) is 59.2 Å². The third-order valence-electron chi connectivity index (χ3n) is 3.00. The molecule has 0 atom stereocenters. The topological polar surface area (TPSA) is 86.8 Å². The molecule has 0 aromatic carbocycles. The zero-order chi connectivity index (χ0) is 15.3. The maximum Gasteiger partial charge on any atom is 0.0963 e. The van der Waals surface area contributed by atoms with Crippen LogP contribution in [0.5, 0.6) is 0 Å². The van der Waals surface area contributed by atoms with E-state index in [2.05, 4.69) is 0 Å². The van der Waals surface area contributed by atoms with E-state index in [1.807, 2.05) is 13.8 Å². The van der Waals surface area contributed by atoms with Gasteiger partial charge >= 0.3 is 0 Å². The molecular weight excluding hydrogens is 260 g/mol. The Balaban J connectivity index is 3.19. The fourth-order valence-electron chi connectivity index (χ4n) is 1.43. The molecule has 0 aromatic rings. The molecule has 0 fully saturated rings. The smallest absolute Gasteiger partial charge is 0.0963 e. The van der Waals surface area contributed by atoms with Crippen molar-refractivity contribution in [1.82, 2.24) is 0 Å². The van der Waals surface area contributed by atoms with Crippen molar-refractivity contribution in [3.05, 3.63) is 0 Å². The molecule has 0 radical (unpaired) electrons. The standard InChI is InChI=1S/C14H30N2O4/c1-14(2,13(15)16)5-4-6-18-9-10-20-12-11-19-8-7-17-3/h4-12H2,1-3H3,(H3,15,16). The molecule has 0 rings (SSSR count). The predicted octanol–water partition coefficient (Wildman–Crippen LogP) is 1.42. The van der Waals surface area contributed by atoms with Crippen LogP contribution >= 0.6 is 0 Å². The Hall–Kier alpha value is -0.690. The SMILES string of the molecule is COCCOCCOCCOCCCC(C)(C)C(=N)N. The lowest BCUT2D eigenvalue weighted by atomic mass is 9.87. The monoisotopic (exact) mass is 290 g/mol. The number of hydrogen-bond acceptors (Lipinski definition) is 5. The van der Waals surface area contributed by atoms with Gasteiger partial charge in [0.05, 0.1) is 45.5 Å². The summed E-state index contributed by atoms with van der Waals surface area (Å²) in [6.45, 7) is 8.14. The lowest BCUT2D eigenvalue weighted by Crippen LogP contribution is -2.31. The molecule has 0 saturated carbocycles. The Kier molecular flexibility index (Phi) is 11.7. The quantitative estimate of drug-likeness (QED) is 0.287. The zero-order valence-electron chi connectivity index (χ0n) is 13.1. The van der Waals surface area contributed by atoms with E-state index in [0.717, 1.165) is 12.8 Å². The largest absolute Gasteiger partial charge is 0.387 e. The van der Waals surface area contributed by atoms with E-state index in [4.69, 9.17) is 30.1 Å². The Morgan fingerprint density at radius 1 is 0.900 bits per heavy atom. The number of ether oxygens (including phenoxy) is 4. The lowest BCUT2D eigenvalue weighted by molar-refractivity contribution is 0.00286. The van der Waals surface area contributed by atoms with Gasteiger partial charge in [-0.3, -0.25) is 5.41 Å². The van der Waals surface area contributed by atoms with Crippen molar-refractivity contribution in [2.45, 2.75) is 26.7 Å². The summed E-state index contributed by atoms with van der Waals surface area (Å²) in [7, 11) is 1.65. The van der Waals surface area contributed by atoms with Crippen LogP contribution in [0, 0.1) is 10.8 Å². The number of methoxy groups -OCH3 is 1. The average Bonchev–Trinajstić information content (AvgIpc) is 2.39. The summed E-state index contributed by atoms with van der Waals surface area (Å²) in [5, 5.41) is 7.45. The molecule has 3 N–H and O–H groups in total. The van der Waals surface area contributed by atoms with Crippen LogP contribution in [0.1, 0.15) is 26.7 Å². The number of hydrogen-bond donors (Lipinski definition) is 2. The van der Waals surface area contributed by atoms with E-state index in [1.54, 1.807) is 7.11 Å². The predicted molar refractivity (Wildman–Crippen MR) is 79.3 cm³/mol. The Labute approximate surface area is 122 Å². The van der Waals surface area contributed by atoms with Crippen molar-refractivity contribution in [2.24, 2.45) is 11.1 Å². The maximum atomic E-state index is 7.45. The first kappa shape index (κ1) is 19.3. The van der Waals surface area contributed by atoms with Crippen LogP contribution in [0.25, 0.3) is 0 Å². The molecule has 0 saturated heterocycles. The van der Waals surface area contributed by atoms with Crippen molar-refractivity contribution in [3.63, 3.8) is 0 Å². The van der Waals surface area contributed by atoms with Gasteiger partial charge in [-0.05, 0) is 12.8 Å². The third kappa shape index (κ3) is 11.2. The second-order valence-corrected chi connectivity index (χ2v) is 5.23. The molecule has 0 heterocycles. The Bertz CT molecular complexity index is 247. The molecule has 0 aromatic heterocycles. The van der Waals surface area contributed by atoms with Gasteiger partial charge < -0.3 is 24.7 Å². The van der Waals surface area contributed by atoms with Gasteiger partial charge in [-0.1, -0.05) is 13.8 Å². The number of rotatable bonds is 14. The van der Waals surface area contributed by atoms with E-state index in [-0.39, 0.29) is 11.3 Å². The summed E-state index contributed by atoms with van der Waals surface area (Å²) in [5.41, 5.74) is 5.28. The van der Waals surface area contributed by atoms with Crippen LogP contribution < -0.4 is 5.73 Å². The lowest BCUT2D eigenvalue weighted by Gasteiger charge is -2.22. The Morgan fingerprint density at radius 2 is 1.35 bits per heavy atom. The summed E-state index contributed by atoms with van der Waals surface area (Å²) in [6, 6.07) is 0. The van der Waals surface area contributed by atoms with Crippen molar-refractivity contribution >= 4 is 5.84 Å². The third-order valence-corrected chi connectivity index (χ3v) is 3.00. The summed E-state index contributed by atoms with van der Waals surface area (Å²) in [5.74, 6) is 0.231. The molecule has 0 aliphatic rings. The van der Waals surface area contributed by atoms with E-state index >= 15 is 0 Å². The normalized spacial score (nSPS) is 11.8. The van der Waals surface area contributed by atoms with Crippen molar-refractivity contribution in [1.29, 1.82) is 5.41 Å². The van der Waals surface area contributed by atoms with E-state index < -0.39 is 0 Å². The molecule has 0 unspecified atom stereocenters. The van der Waals surface area contributed by atoms with E-state index in [9.17, 15) is 0 Å². The molecule has 6 heteroatoms. The molecule has 0 aliphatic carbocycles. The first-order valence-corrected chi connectivity index (χ1v) is 7.07. The number of nitrogens with one attached hydrogen (secondary N) is 1. The Morgan fingerprint density at radius 3 is 1.80 bits per heavy atom. The minimum Gasteiger partial charge on any atom is -0.387 e. The highest BCUT2D eigenvalue weighted by Crippen LogP contribution is 2.21. The van der Waals surface area contributed by atoms with E-state index in [0.29, 0.717) is 46.2 Å². The first-order chi connectivity index (χ1) is 9.50. The zero-order valence-corrected chi connectivity index (χ0v) is 13.1. The van der Waals surface area contributed by atoms with Crippen LogP contribution in [-0.2, 0) is 18.9 Å². The van der Waals surface area contributed by atoms with Gasteiger partial charge in [-0.15, -0.1) is 0 Å². The highest BCUT2D eigenvalue weighted by Gasteiger charge is 2.20. The maximum absolute atomic E-state index is 7.45. The molecule has 0 bridgehead atoms. The van der Waals surface area contributed by atoms with Gasteiger partial charge in [-0.2, -0.15) is 0 Å². The number of amidine groups is 1. The fourth-order valence-corrected chi connectivity index (χ4v) is 1.43. The minimum absolute atomic E-state index is 0.231. The van der Waals surface area contributed by atoms with Gasteiger partial charge in [0, 0.05) is 19.1 Å².